The zero-order valence-corrected chi connectivity index (χ0v) is 11.4. The summed E-state index contributed by atoms with van der Waals surface area (Å²) in [6.45, 7) is 1.99. The highest BCUT2D eigenvalue weighted by molar-refractivity contribution is 9.10. The molecule has 0 saturated heterocycles. The Balaban J connectivity index is 2.11. The number of aromatic nitrogens is 3. The monoisotopic (exact) mass is 312 g/mol. The van der Waals surface area contributed by atoms with Crippen molar-refractivity contribution < 1.29 is 4.79 Å². The van der Waals surface area contributed by atoms with Gasteiger partial charge in [-0.2, -0.15) is 0 Å². The standard InChI is InChI=1S/C10H9BrN4OS/c1-2-8-14-15-10(17-8)13-9(16)6-3-7(11)5-12-4-6/h3-5H,2H2,1H3,(H,13,15,16). The lowest BCUT2D eigenvalue weighted by Crippen LogP contribution is -2.11. The summed E-state index contributed by atoms with van der Waals surface area (Å²) in [5.74, 6) is -0.238. The van der Waals surface area contributed by atoms with Crippen LogP contribution in [0.15, 0.2) is 22.9 Å². The molecule has 17 heavy (non-hydrogen) atoms. The molecule has 0 radical (unpaired) electrons. The summed E-state index contributed by atoms with van der Waals surface area (Å²) in [5, 5.41) is 11.9. The van der Waals surface area contributed by atoms with Gasteiger partial charge in [0.05, 0.1) is 5.56 Å². The minimum Gasteiger partial charge on any atom is -0.296 e. The van der Waals surface area contributed by atoms with E-state index in [2.05, 4.69) is 36.4 Å². The number of pyridine rings is 1. The Hall–Kier alpha value is -1.34. The molecule has 1 amide bonds. The number of rotatable bonds is 3. The highest BCUT2D eigenvalue weighted by Gasteiger charge is 2.10. The summed E-state index contributed by atoms with van der Waals surface area (Å²) in [6, 6.07) is 1.70. The molecule has 2 rings (SSSR count). The first-order valence-electron chi connectivity index (χ1n) is 4.93. The van der Waals surface area contributed by atoms with Crippen molar-refractivity contribution in [2.24, 2.45) is 0 Å². The van der Waals surface area contributed by atoms with Crippen LogP contribution in [0.25, 0.3) is 0 Å². The lowest BCUT2D eigenvalue weighted by molar-refractivity contribution is 0.102. The van der Waals surface area contributed by atoms with Gasteiger partial charge >= 0.3 is 0 Å². The smallest absolute Gasteiger partial charge is 0.259 e. The van der Waals surface area contributed by atoms with Gasteiger partial charge in [0.25, 0.3) is 5.91 Å². The number of aryl methyl sites for hydroxylation is 1. The van der Waals surface area contributed by atoms with Gasteiger partial charge in [-0.1, -0.05) is 18.3 Å². The van der Waals surface area contributed by atoms with E-state index in [1.165, 1.54) is 17.5 Å². The van der Waals surface area contributed by atoms with E-state index in [4.69, 9.17) is 0 Å². The maximum Gasteiger partial charge on any atom is 0.259 e. The van der Waals surface area contributed by atoms with Gasteiger partial charge < -0.3 is 0 Å². The lowest BCUT2D eigenvalue weighted by Gasteiger charge is -2.00. The van der Waals surface area contributed by atoms with Gasteiger partial charge in [0.1, 0.15) is 5.01 Å². The van der Waals surface area contributed by atoms with Crippen molar-refractivity contribution in [2.45, 2.75) is 13.3 Å². The molecule has 0 bridgehead atoms. The number of anilines is 1. The first-order chi connectivity index (χ1) is 8.19. The third kappa shape index (κ3) is 3.07. The first kappa shape index (κ1) is 12.1. The number of amides is 1. The van der Waals surface area contributed by atoms with Crippen LogP contribution < -0.4 is 5.32 Å². The zero-order valence-electron chi connectivity index (χ0n) is 8.98. The van der Waals surface area contributed by atoms with E-state index in [1.54, 1.807) is 12.3 Å². The fourth-order valence-corrected chi connectivity index (χ4v) is 2.19. The number of hydrogen-bond acceptors (Lipinski definition) is 5. The maximum absolute atomic E-state index is 11.8. The largest absolute Gasteiger partial charge is 0.296 e. The molecule has 0 aromatic carbocycles. The van der Waals surface area contributed by atoms with Gasteiger partial charge in [0, 0.05) is 16.9 Å². The van der Waals surface area contributed by atoms with Crippen molar-refractivity contribution in [3.05, 3.63) is 33.5 Å². The molecular formula is C10H9BrN4OS. The second kappa shape index (κ2) is 5.33. The number of carbonyl (C=O) groups excluding carboxylic acids is 1. The third-order valence-corrected chi connectivity index (χ3v) is 3.37. The topological polar surface area (TPSA) is 67.8 Å². The molecule has 0 aliphatic heterocycles. The molecule has 1 N–H and O–H groups in total. The lowest BCUT2D eigenvalue weighted by atomic mass is 10.3. The Bertz CT molecular complexity index is 543. The van der Waals surface area contributed by atoms with Crippen molar-refractivity contribution in [1.82, 2.24) is 15.2 Å². The number of carbonyl (C=O) groups is 1. The van der Waals surface area contributed by atoms with Gasteiger partial charge in [-0.3, -0.25) is 15.1 Å². The third-order valence-electron chi connectivity index (χ3n) is 1.96. The predicted molar refractivity (Wildman–Crippen MR) is 69.2 cm³/mol. The van der Waals surface area contributed by atoms with Crippen LogP contribution in [0.1, 0.15) is 22.3 Å². The Labute approximate surface area is 110 Å². The Kier molecular flexibility index (Phi) is 3.80. The van der Waals surface area contributed by atoms with Gasteiger partial charge in [0.15, 0.2) is 0 Å². The molecule has 0 unspecified atom stereocenters. The van der Waals surface area contributed by atoms with Crippen molar-refractivity contribution in [1.29, 1.82) is 0 Å². The second-order valence-corrected chi connectivity index (χ2v) is 5.18. The summed E-state index contributed by atoms with van der Waals surface area (Å²) in [7, 11) is 0. The summed E-state index contributed by atoms with van der Waals surface area (Å²) in [4.78, 5) is 15.8. The normalized spacial score (nSPS) is 10.2. The van der Waals surface area contributed by atoms with Crippen LogP contribution in [0.3, 0.4) is 0 Å². The average Bonchev–Trinajstić information content (AvgIpc) is 2.77. The van der Waals surface area contributed by atoms with Gasteiger partial charge in [-0.25, -0.2) is 0 Å². The fourth-order valence-electron chi connectivity index (χ4n) is 1.15. The molecule has 88 valence electrons. The molecule has 2 aromatic heterocycles. The quantitative estimate of drug-likeness (QED) is 0.945. The van der Waals surface area contributed by atoms with Crippen molar-refractivity contribution in [2.75, 3.05) is 5.32 Å². The Morgan fingerprint density at radius 3 is 2.94 bits per heavy atom. The van der Waals surface area contributed by atoms with Crippen LogP contribution in [0.2, 0.25) is 0 Å². The van der Waals surface area contributed by atoms with Crippen LogP contribution in [0.5, 0.6) is 0 Å². The summed E-state index contributed by atoms with van der Waals surface area (Å²) >= 11 is 4.64. The second-order valence-electron chi connectivity index (χ2n) is 3.20. The van der Waals surface area contributed by atoms with Crippen LogP contribution in [-0.2, 0) is 6.42 Å². The van der Waals surface area contributed by atoms with Crippen LogP contribution in [0, 0.1) is 0 Å². The van der Waals surface area contributed by atoms with E-state index in [-0.39, 0.29) is 5.91 Å². The Morgan fingerprint density at radius 2 is 2.29 bits per heavy atom. The molecule has 0 spiro atoms. The van der Waals surface area contributed by atoms with Gasteiger partial charge in [-0.05, 0) is 28.4 Å². The van der Waals surface area contributed by atoms with E-state index < -0.39 is 0 Å². The minimum absolute atomic E-state index is 0.238. The number of halogens is 1. The SMILES string of the molecule is CCc1nnc(NC(=O)c2cncc(Br)c2)s1. The maximum atomic E-state index is 11.8. The average molecular weight is 313 g/mol. The van der Waals surface area contributed by atoms with Crippen molar-refractivity contribution in [3.8, 4) is 0 Å². The molecule has 0 fully saturated rings. The van der Waals surface area contributed by atoms with E-state index in [0.29, 0.717) is 10.7 Å². The number of nitrogens with zero attached hydrogens (tertiary/aromatic N) is 3. The first-order valence-corrected chi connectivity index (χ1v) is 6.54. The van der Waals surface area contributed by atoms with Crippen LogP contribution in [0.4, 0.5) is 5.13 Å². The van der Waals surface area contributed by atoms with E-state index in [9.17, 15) is 4.79 Å². The zero-order chi connectivity index (χ0) is 12.3. The van der Waals surface area contributed by atoms with Crippen molar-refractivity contribution in [3.63, 3.8) is 0 Å². The summed E-state index contributed by atoms with van der Waals surface area (Å²) in [6.07, 6.45) is 3.94. The van der Waals surface area contributed by atoms with Crippen LogP contribution in [-0.4, -0.2) is 21.1 Å². The van der Waals surface area contributed by atoms with Crippen molar-refractivity contribution >= 4 is 38.3 Å². The summed E-state index contributed by atoms with van der Waals surface area (Å²) < 4.78 is 0.761. The molecular weight excluding hydrogens is 304 g/mol. The van der Waals surface area contributed by atoms with E-state index >= 15 is 0 Å². The molecule has 0 saturated carbocycles. The molecule has 2 aromatic rings. The van der Waals surface area contributed by atoms with Gasteiger partial charge in [0.2, 0.25) is 5.13 Å². The molecule has 5 nitrogen and oxygen atoms in total. The Morgan fingerprint density at radius 1 is 1.47 bits per heavy atom. The number of nitrogens with one attached hydrogen (secondary N) is 1. The molecule has 7 heteroatoms. The van der Waals surface area contributed by atoms with E-state index in [0.717, 1.165) is 15.9 Å². The highest BCUT2D eigenvalue weighted by Crippen LogP contribution is 2.17. The highest BCUT2D eigenvalue weighted by atomic mass is 79.9. The summed E-state index contributed by atoms with van der Waals surface area (Å²) in [5.41, 5.74) is 0.479. The minimum atomic E-state index is -0.238. The molecule has 2 heterocycles. The molecule has 0 aliphatic rings. The van der Waals surface area contributed by atoms with Gasteiger partial charge in [-0.15, -0.1) is 10.2 Å². The fraction of sp³-hybridized carbons (Fsp3) is 0.200. The number of hydrogen-bond donors (Lipinski definition) is 1. The molecule has 0 aliphatic carbocycles. The molecule has 0 atom stereocenters. The van der Waals surface area contributed by atoms with Crippen LogP contribution >= 0.6 is 27.3 Å². The van der Waals surface area contributed by atoms with E-state index in [1.807, 2.05) is 6.92 Å². The predicted octanol–water partition coefficient (Wildman–Crippen LogP) is 2.51.